The van der Waals surface area contributed by atoms with E-state index in [0.29, 0.717) is 6.54 Å². The number of guanidine groups is 1. The van der Waals surface area contributed by atoms with Gasteiger partial charge in [-0.05, 0) is 32.2 Å². The second-order valence-corrected chi connectivity index (χ2v) is 7.39. The number of aliphatic imine (C=N–C) groups is 1. The number of hydrogen-bond acceptors (Lipinski definition) is 4. The molecule has 0 aliphatic heterocycles. The van der Waals surface area contributed by atoms with Crippen LogP contribution in [0.25, 0.3) is 10.8 Å². The van der Waals surface area contributed by atoms with Crippen molar-refractivity contribution in [3.8, 4) is 0 Å². The highest BCUT2D eigenvalue weighted by Gasteiger charge is 2.05. The quantitative estimate of drug-likeness (QED) is 0.306. The molecule has 2 aromatic heterocycles. The Morgan fingerprint density at radius 2 is 1.96 bits per heavy atom. The van der Waals surface area contributed by atoms with Crippen LogP contribution in [0, 0.1) is 13.8 Å². The molecule has 0 spiro atoms. The zero-order valence-corrected chi connectivity index (χ0v) is 19.1. The van der Waals surface area contributed by atoms with Crippen LogP contribution < -0.4 is 10.6 Å². The van der Waals surface area contributed by atoms with Crippen LogP contribution in [-0.4, -0.2) is 29.0 Å². The molecule has 0 unspecified atom stereocenters. The standard InChI is InChI=1S/C20H25N5S.HI/c1-4-21-20(23-12-10-19-25-14(2)15(3)26-19)24-13-18-17-8-6-5-7-16(17)9-11-22-18;/h5-9,11H,4,10,12-13H2,1-3H3,(H2,21,23,24);1H. The zero-order chi connectivity index (χ0) is 18.4. The first-order chi connectivity index (χ1) is 12.7. The van der Waals surface area contributed by atoms with E-state index in [2.05, 4.69) is 53.5 Å². The van der Waals surface area contributed by atoms with Crippen molar-refractivity contribution in [2.75, 3.05) is 13.1 Å². The number of pyridine rings is 1. The van der Waals surface area contributed by atoms with E-state index in [-0.39, 0.29) is 24.0 Å². The highest BCUT2D eigenvalue weighted by atomic mass is 127. The van der Waals surface area contributed by atoms with E-state index in [1.807, 2.05) is 24.4 Å². The van der Waals surface area contributed by atoms with Crippen molar-refractivity contribution in [3.63, 3.8) is 0 Å². The van der Waals surface area contributed by atoms with Crippen molar-refractivity contribution in [2.24, 2.45) is 4.99 Å². The molecule has 144 valence electrons. The number of aromatic nitrogens is 2. The summed E-state index contributed by atoms with van der Waals surface area (Å²) in [4.78, 5) is 15.1. The number of nitrogens with zero attached hydrogens (tertiary/aromatic N) is 3. The van der Waals surface area contributed by atoms with Crippen molar-refractivity contribution in [1.29, 1.82) is 0 Å². The molecule has 5 nitrogen and oxygen atoms in total. The van der Waals surface area contributed by atoms with Crippen LogP contribution in [-0.2, 0) is 13.0 Å². The first kappa shape index (κ1) is 21.6. The number of hydrogen-bond donors (Lipinski definition) is 2. The smallest absolute Gasteiger partial charge is 0.191 e. The lowest BCUT2D eigenvalue weighted by Gasteiger charge is -2.11. The summed E-state index contributed by atoms with van der Waals surface area (Å²) in [5.74, 6) is 0.812. The Balaban J connectivity index is 0.00000261. The number of rotatable bonds is 6. The molecule has 0 amide bonds. The van der Waals surface area contributed by atoms with Crippen LogP contribution in [0.3, 0.4) is 0 Å². The maximum atomic E-state index is 4.70. The molecule has 0 aliphatic carbocycles. The van der Waals surface area contributed by atoms with Gasteiger partial charge >= 0.3 is 0 Å². The number of halogens is 1. The van der Waals surface area contributed by atoms with Gasteiger partial charge in [-0.1, -0.05) is 24.3 Å². The van der Waals surface area contributed by atoms with E-state index in [4.69, 9.17) is 4.99 Å². The molecule has 0 saturated heterocycles. The van der Waals surface area contributed by atoms with E-state index in [1.54, 1.807) is 11.3 Å². The molecule has 3 rings (SSSR count). The molecule has 0 radical (unpaired) electrons. The monoisotopic (exact) mass is 495 g/mol. The van der Waals surface area contributed by atoms with Gasteiger partial charge in [0.15, 0.2) is 5.96 Å². The Labute approximate surface area is 181 Å². The average Bonchev–Trinajstić information content (AvgIpc) is 2.97. The molecule has 27 heavy (non-hydrogen) atoms. The first-order valence-electron chi connectivity index (χ1n) is 8.95. The number of aryl methyl sites for hydroxylation is 2. The minimum absolute atomic E-state index is 0. The van der Waals surface area contributed by atoms with Crippen molar-refractivity contribution in [2.45, 2.75) is 33.7 Å². The van der Waals surface area contributed by atoms with Crippen LogP contribution in [0.2, 0.25) is 0 Å². The van der Waals surface area contributed by atoms with Crippen LogP contribution in [0.15, 0.2) is 41.5 Å². The third kappa shape index (κ3) is 5.87. The van der Waals surface area contributed by atoms with Gasteiger partial charge in [0.2, 0.25) is 0 Å². The van der Waals surface area contributed by atoms with Gasteiger partial charge in [-0.15, -0.1) is 35.3 Å². The predicted octanol–water partition coefficient (Wildman–Crippen LogP) is 4.22. The fourth-order valence-electron chi connectivity index (χ4n) is 2.74. The molecule has 3 aromatic rings. The SMILES string of the molecule is CCNC(=NCc1nccc2ccccc12)NCCc1nc(C)c(C)s1.I. The largest absolute Gasteiger partial charge is 0.357 e. The van der Waals surface area contributed by atoms with Crippen molar-refractivity contribution >= 4 is 52.0 Å². The van der Waals surface area contributed by atoms with Gasteiger partial charge in [0.25, 0.3) is 0 Å². The Hall–Kier alpha value is -1.74. The molecule has 0 saturated carbocycles. The van der Waals surface area contributed by atoms with Gasteiger partial charge in [0, 0.05) is 36.0 Å². The summed E-state index contributed by atoms with van der Waals surface area (Å²) in [6.45, 7) is 8.43. The van der Waals surface area contributed by atoms with Crippen LogP contribution in [0.1, 0.15) is 28.2 Å². The summed E-state index contributed by atoms with van der Waals surface area (Å²) in [6.07, 6.45) is 2.75. The normalized spacial score (nSPS) is 11.3. The van der Waals surface area contributed by atoms with Crippen LogP contribution in [0.4, 0.5) is 0 Å². The fourth-order valence-corrected chi connectivity index (χ4v) is 3.67. The average molecular weight is 495 g/mol. The lowest BCUT2D eigenvalue weighted by molar-refractivity contribution is 0.793. The summed E-state index contributed by atoms with van der Waals surface area (Å²) in [5, 5.41) is 10.2. The number of benzene rings is 1. The highest BCUT2D eigenvalue weighted by Crippen LogP contribution is 2.17. The van der Waals surface area contributed by atoms with Crippen LogP contribution >= 0.6 is 35.3 Å². The number of nitrogens with one attached hydrogen (secondary N) is 2. The van der Waals surface area contributed by atoms with E-state index in [0.717, 1.165) is 42.2 Å². The van der Waals surface area contributed by atoms with Gasteiger partial charge in [-0.2, -0.15) is 0 Å². The zero-order valence-electron chi connectivity index (χ0n) is 16.0. The van der Waals surface area contributed by atoms with Crippen molar-refractivity contribution in [3.05, 3.63) is 57.8 Å². The van der Waals surface area contributed by atoms with Crippen molar-refractivity contribution in [1.82, 2.24) is 20.6 Å². The second kappa shape index (κ2) is 10.6. The van der Waals surface area contributed by atoms with Gasteiger partial charge in [-0.3, -0.25) is 4.98 Å². The summed E-state index contributed by atoms with van der Waals surface area (Å²) in [5.41, 5.74) is 2.12. The summed E-state index contributed by atoms with van der Waals surface area (Å²) < 4.78 is 0. The summed E-state index contributed by atoms with van der Waals surface area (Å²) >= 11 is 1.77. The van der Waals surface area contributed by atoms with E-state index >= 15 is 0 Å². The van der Waals surface area contributed by atoms with Gasteiger partial charge in [-0.25, -0.2) is 9.98 Å². The topological polar surface area (TPSA) is 62.2 Å². The van der Waals surface area contributed by atoms with Gasteiger partial charge in [0.05, 0.1) is 22.9 Å². The minimum atomic E-state index is 0. The molecule has 1 aromatic carbocycles. The second-order valence-electron chi connectivity index (χ2n) is 6.10. The van der Waals surface area contributed by atoms with Crippen LogP contribution in [0.5, 0.6) is 0 Å². The Morgan fingerprint density at radius 3 is 2.70 bits per heavy atom. The van der Waals surface area contributed by atoms with E-state index in [9.17, 15) is 0 Å². The Kier molecular flexibility index (Phi) is 8.43. The maximum absolute atomic E-state index is 4.70. The molecule has 2 N–H and O–H groups in total. The lowest BCUT2D eigenvalue weighted by atomic mass is 10.1. The lowest BCUT2D eigenvalue weighted by Crippen LogP contribution is -2.38. The number of thiazole rings is 1. The van der Waals surface area contributed by atoms with Gasteiger partial charge < -0.3 is 10.6 Å². The fraction of sp³-hybridized carbons (Fsp3) is 0.350. The minimum Gasteiger partial charge on any atom is -0.357 e. The third-order valence-corrected chi connectivity index (χ3v) is 5.32. The maximum Gasteiger partial charge on any atom is 0.191 e. The Morgan fingerprint density at radius 1 is 1.15 bits per heavy atom. The highest BCUT2D eigenvalue weighted by molar-refractivity contribution is 14.0. The number of fused-ring (bicyclic) bond motifs is 1. The first-order valence-corrected chi connectivity index (χ1v) is 9.76. The van der Waals surface area contributed by atoms with Crippen molar-refractivity contribution < 1.29 is 0 Å². The third-order valence-electron chi connectivity index (χ3n) is 4.19. The molecule has 0 bridgehead atoms. The molecule has 0 fully saturated rings. The van der Waals surface area contributed by atoms with Gasteiger partial charge in [0.1, 0.15) is 0 Å². The van der Waals surface area contributed by atoms with E-state index in [1.165, 1.54) is 15.3 Å². The molecular formula is C20H26IN5S. The summed E-state index contributed by atoms with van der Waals surface area (Å²) in [6, 6.07) is 10.3. The van der Waals surface area contributed by atoms with E-state index < -0.39 is 0 Å². The Bertz CT molecular complexity index is 882. The predicted molar refractivity (Wildman–Crippen MR) is 125 cm³/mol. The molecule has 0 aliphatic rings. The summed E-state index contributed by atoms with van der Waals surface area (Å²) in [7, 11) is 0. The molecular weight excluding hydrogens is 469 g/mol. The molecule has 0 atom stereocenters. The molecule has 7 heteroatoms. The molecule has 2 heterocycles.